The maximum Gasteiger partial charge on any atom is 0.410 e. The second kappa shape index (κ2) is 8.79. The van der Waals surface area contributed by atoms with Gasteiger partial charge in [-0.25, -0.2) is 4.79 Å². The molecule has 138 valence electrons. The Morgan fingerprint density at radius 3 is 2.46 bits per heavy atom. The number of ether oxygens (including phenoxy) is 1. The van der Waals surface area contributed by atoms with Crippen LogP contribution in [0.3, 0.4) is 0 Å². The van der Waals surface area contributed by atoms with Crippen molar-refractivity contribution in [3.8, 4) is 0 Å². The lowest BCUT2D eigenvalue weighted by Crippen LogP contribution is -2.29. The van der Waals surface area contributed by atoms with E-state index in [1.807, 2.05) is 53.4 Å². The summed E-state index contributed by atoms with van der Waals surface area (Å²) in [6.45, 7) is 3.94. The summed E-state index contributed by atoms with van der Waals surface area (Å²) in [6.07, 6.45) is 1.69. The van der Waals surface area contributed by atoms with Crippen LogP contribution in [0, 0.1) is 11.8 Å². The highest BCUT2D eigenvalue weighted by Gasteiger charge is 2.34. The van der Waals surface area contributed by atoms with E-state index in [0.29, 0.717) is 35.0 Å². The predicted molar refractivity (Wildman–Crippen MR) is 106 cm³/mol. The number of amides is 1. The summed E-state index contributed by atoms with van der Waals surface area (Å²) in [4.78, 5) is 14.3. The monoisotopic (exact) mass is 391 g/mol. The van der Waals surface area contributed by atoms with Crippen LogP contribution in [-0.2, 0) is 17.8 Å². The van der Waals surface area contributed by atoms with Crippen molar-refractivity contribution in [2.45, 2.75) is 26.4 Å². The minimum absolute atomic E-state index is 0.232. The normalized spacial score (nSPS) is 19.6. The summed E-state index contributed by atoms with van der Waals surface area (Å²) in [7, 11) is 0. The number of halogens is 2. The molecule has 1 saturated heterocycles. The van der Waals surface area contributed by atoms with Crippen LogP contribution in [0.25, 0.3) is 0 Å². The van der Waals surface area contributed by atoms with E-state index in [0.717, 1.165) is 30.5 Å². The number of carbonyl (C=O) groups excluding carboxylic acids is 1. The third-order valence-corrected chi connectivity index (χ3v) is 5.79. The molecular formula is C21H23Cl2NO2. The molecule has 2 aromatic rings. The smallest absolute Gasteiger partial charge is 0.410 e. The zero-order chi connectivity index (χ0) is 18.5. The average molecular weight is 392 g/mol. The van der Waals surface area contributed by atoms with Crippen molar-refractivity contribution < 1.29 is 9.53 Å². The molecular weight excluding hydrogens is 369 g/mol. The molecule has 0 aromatic heterocycles. The van der Waals surface area contributed by atoms with Gasteiger partial charge in [-0.1, -0.05) is 72.9 Å². The first-order valence-corrected chi connectivity index (χ1v) is 9.72. The first kappa shape index (κ1) is 19.1. The lowest BCUT2D eigenvalue weighted by Gasteiger charge is -2.17. The summed E-state index contributed by atoms with van der Waals surface area (Å²) in [5.41, 5.74) is 2.15. The molecule has 2 aromatic carbocycles. The van der Waals surface area contributed by atoms with Gasteiger partial charge in [0.05, 0.1) is 10.0 Å². The molecule has 3 nitrogen and oxygen atoms in total. The van der Waals surface area contributed by atoms with Crippen molar-refractivity contribution in [3.63, 3.8) is 0 Å². The SMILES string of the molecule is CC[C@@H]1CN(C(=O)OCc2ccccc2)C[C@H]1Cc1ccc(Cl)c(Cl)c1. The minimum atomic E-state index is -0.232. The van der Waals surface area contributed by atoms with Crippen molar-refractivity contribution >= 4 is 29.3 Å². The molecule has 1 heterocycles. The zero-order valence-electron chi connectivity index (χ0n) is 14.8. The Morgan fingerprint density at radius 2 is 1.77 bits per heavy atom. The highest BCUT2D eigenvalue weighted by molar-refractivity contribution is 6.42. The Labute approximate surface area is 164 Å². The van der Waals surface area contributed by atoms with E-state index in [9.17, 15) is 4.79 Å². The summed E-state index contributed by atoms with van der Waals surface area (Å²) in [6, 6.07) is 15.5. The molecule has 0 radical (unpaired) electrons. The van der Waals surface area contributed by atoms with Crippen molar-refractivity contribution in [2.24, 2.45) is 11.8 Å². The second-order valence-electron chi connectivity index (χ2n) is 6.83. The van der Waals surface area contributed by atoms with Crippen molar-refractivity contribution in [2.75, 3.05) is 13.1 Å². The standard InChI is InChI=1S/C21H23Cl2NO2/c1-2-17-12-24(21(25)26-14-15-6-4-3-5-7-15)13-18(17)10-16-8-9-19(22)20(23)11-16/h3-9,11,17-18H,2,10,12-14H2,1H3/t17-,18-/m1/s1. The fourth-order valence-electron chi connectivity index (χ4n) is 3.56. The molecule has 0 N–H and O–H groups in total. The maximum absolute atomic E-state index is 12.4. The van der Waals surface area contributed by atoms with E-state index in [1.54, 1.807) is 0 Å². The molecule has 0 bridgehead atoms. The fourth-order valence-corrected chi connectivity index (χ4v) is 3.88. The quantitative estimate of drug-likeness (QED) is 0.641. The Kier molecular flexibility index (Phi) is 6.44. The van der Waals surface area contributed by atoms with Crippen LogP contribution in [0.15, 0.2) is 48.5 Å². The third kappa shape index (κ3) is 4.72. The Morgan fingerprint density at radius 1 is 1.04 bits per heavy atom. The van der Waals surface area contributed by atoms with E-state index >= 15 is 0 Å². The fraction of sp³-hybridized carbons (Fsp3) is 0.381. The van der Waals surface area contributed by atoms with Crippen LogP contribution in [0.2, 0.25) is 10.0 Å². The minimum Gasteiger partial charge on any atom is -0.445 e. The third-order valence-electron chi connectivity index (χ3n) is 5.05. The van der Waals surface area contributed by atoms with Gasteiger partial charge in [0.1, 0.15) is 6.61 Å². The molecule has 0 unspecified atom stereocenters. The summed E-state index contributed by atoms with van der Waals surface area (Å²) in [5.74, 6) is 0.871. The van der Waals surface area contributed by atoms with Gasteiger partial charge in [0.25, 0.3) is 0 Å². The van der Waals surface area contributed by atoms with Crippen molar-refractivity contribution in [1.82, 2.24) is 4.90 Å². The molecule has 1 aliphatic rings. The largest absolute Gasteiger partial charge is 0.445 e. The second-order valence-corrected chi connectivity index (χ2v) is 7.64. The van der Waals surface area contributed by atoms with Crippen LogP contribution in [0.4, 0.5) is 4.79 Å². The molecule has 0 aliphatic carbocycles. The van der Waals surface area contributed by atoms with Gasteiger partial charge in [-0.05, 0) is 41.5 Å². The number of benzene rings is 2. The van der Waals surface area contributed by atoms with Crippen molar-refractivity contribution in [3.05, 3.63) is 69.7 Å². The lowest BCUT2D eigenvalue weighted by atomic mass is 9.88. The topological polar surface area (TPSA) is 29.5 Å². The Hall–Kier alpha value is -1.71. The molecule has 2 atom stereocenters. The van der Waals surface area contributed by atoms with Crippen LogP contribution < -0.4 is 0 Å². The summed E-state index contributed by atoms with van der Waals surface area (Å²) in [5, 5.41) is 1.15. The molecule has 1 fully saturated rings. The van der Waals surface area contributed by atoms with E-state index < -0.39 is 0 Å². The van der Waals surface area contributed by atoms with Gasteiger partial charge in [-0.3, -0.25) is 0 Å². The Balaban J connectivity index is 1.59. The maximum atomic E-state index is 12.4. The predicted octanol–water partition coefficient (Wildman–Crippen LogP) is 5.83. The molecule has 0 spiro atoms. The van der Waals surface area contributed by atoms with Gasteiger partial charge < -0.3 is 9.64 Å². The molecule has 1 amide bonds. The van der Waals surface area contributed by atoms with E-state index in [2.05, 4.69) is 6.92 Å². The molecule has 3 rings (SSSR count). The average Bonchev–Trinajstić information content (AvgIpc) is 3.06. The van der Waals surface area contributed by atoms with E-state index in [4.69, 9.17) is 27.9 Å². The van der Waals surface area contributed by atoms with Gasteiger partial charge in [-0.15, -0.1) is 0 Å². The van der Waals surface area contributed by atoms with Gasteiger partial charge in [0.15, 0.2) is 0 Å². The van der Waals surface area contributed by atoms with Crippen LogP contribution in [0.1, 0.15) is 24.5 Å². The number of hydrogen-bond acceptors (Lipinski definition) is 2. The van der Waals surface area contributed by atoms with E-state index in [-0.39, 0.29) is 6.09 Å². The number of likely N-dealkylation sites (tertiary alicyclic amines) is 1. The first-order chi connectivity index (χ1) is 12.6. The number of rotatable bonds is 5. The molecule has 1 aliphatic heterocycles. The first-order valence-electron chi connectivity index (χ1n) is 8.96. The van der Waals surface area contributed by atoms with Crippen LogP contribution in [-0.4, -0.2) is 24.1 Å². The molecule has 5 heteroatoms. The van der Waals surface area contributed by atoms with Crippen LogP contribution >= 0.6 is 23.2 Å². The number of carbonyl (C=O) groups is 1. The van der Waals surface area contributed by atoms with E-state index in [1.165, 1.54) is 0 Å². The molecule has 26 heavy (non-hydrogen) atoms. The highest BCUT2D eigenvalue weighted by Crippen LogP contribution is 2.31. The highest BCUT2D eigenvalue weighted by atomic mass is 35.5. The zero-order valence-corrected chi connectivity index (χ0v) is 16.3. The Bertz CT molecular complexity index is 751. The number of hydrogen-bond donors (Lipinski definition) is 0. The molecule has 0 saturated carbocycles. The lowest BCUT2D eigenvalue weighted by molar-refractivity contribution is 0.102. The van der Waals surface area contributed by atoms with Gasteiger partial charge in [0, 0.05) is 13.1 Å². The summed E-state index contributed by atoms with van der Waals surface area (Å²) < 4.78 is 5.49. The van der Waals surface area contributed by atoms with Crippen molar-refractivity contribution in [1.29, 1.82) is 0 Å². The van der Waals surface area contributed by atoms with Gasteiger partial charge >= 0.3 is 6.09 Å². The van der Waals surface area contributed by atoms with Crippen LogP contribution in [0.5, 0.6) is 0 Å². The number of nitrogens with zero attached hydrogens (tertiary/aromatic N) is 1. The van der Waals surface area contributed by atoms with Gasteiger partial charge in [-0.2, -0.15) is 0 Å². The summed E-state index contributed by atoms with van der Waals surface area (Å²) >= 11 is 12.1. The van der Waals surface area contributed by atoms with Gasteiger partial charge in [0.2, 0.25) is 0 Å².